The third kappa shape index (κ3) is 4.95. The molecule has 0 saturated heterocycles. The number of nitrogens with one attached hydrogen (secondary N) is 1. The van der Waals surface area contributed by atoms with Crippen LogP contribution in [0, 0.1) is 0 Å². The maximum atomic E-state index is 5.25. The molecule has 0 unspecified atom stereocenters. The third-order valence-electron chi connectivity index (χ3n) is 2.22. The zero-order chi connectivity index (χ0) is 12.7. The minimum absolute atomic E-state index is 0.745. The van der Waals surface area contributed by atoms with Crippen LogP contribution in [0.15, 0.2) is 21.1 Å². The Morgan fingerprint density at radius 2 is 1.88 bits per heavy atom. The fraction of sp³-hybridized carbons (Fsp3) is 0.500. The molecular weight excluding hydrogens is 350 g/mol. The van der Waals surface area contributed by atoms with Crippen LogP contribution < -0.4 is 10.1 Å². The maximum Gasteiger partial charge on any atom is 0.147 e. The van der Waals surface area contributed by atoms with Gasteiger partial charge >= 0.3 is 0 Å². The van der Waals surface area contributed by atoms with Gasteiger partial charge < -0.3 is 14.8 Å². The maximum absolute atomic E-state index is 5.25. The Kier molecular flexibility index (Phi) is 7.11. The minimum atomic E-state index is 0.745. The minimum Gasteiger partial charge on any atom is -0.494 e. The number of methoxy groups -OCH3 is 1. The second-order valence-electron chi connectivity index (χ2n) is 3.47. The highest BCUT2D eigenvalue weighted by Crippen LogP contribution is 2.34. The predicted octanol–water partition coefficient (Wildman–Crippen LogP) is 3.35. The molecule has 0 aromatic heterocycles. The van der Waals surface area contributed by atoms with E-state index in [1.807, 2.05) is 6.92 Å². The van der Waals surface area contributed by atoms with E-state index in [-0.39, 0.29) is 0 Å². The molecule has 17 heavy (non-hydrogen) atoms. The highest BCUT2D eigenvalue weighted by Gasteiger charge is 2.07. The third-order valence-corrected chi connectivity index (χ3v) is 3.40. The first kappa shape index (κ1) is 15.0. The number of ether oxygens (including phenoxy) is 2. The number of rotatable bonds is 7. The van der Waals surface area contributed by atoms with Gasteiger partial charge in [0.15, 0.2) is 0 Å². The van der Waals surface area contributed by atoms with Crippen LogP contribution in [0.3, 0.4) is 0 Å². The van der Waals surface area contributed by atoms with Gasteiger partial charge in [0.2, 0.25) is 0 Å². The van der Waals surface area contributed by atoms with E-state index in [0.717, 1.165) is 41.0 Å². The molecule has 5 heteroatoms. The summed E-state index contributed by atoms with van der Waals surface area (Å²) in [5.74, 6) is 0.822. The van der Waals surface area contributed by atoms with Gasteiger partial charge in [-0.15, -0.1) is 0 Å². The van der Waals surface area contributed by atoms with Crippen LogP contribution >= 0.6 is 31.9 Å². The SMILES string of the molecule is CCOCCNCc1cc(Br)c(OC)c(Br)c1. The predicted molar refractivity (Wildman–Crippen MR) is 76.6 cm³/mol. The lowest BCUT2D eigenvalue weighted by Gasteiger charge is -2.10. The lowest BCUT2D eigenvalue weighted by atomic mass is 10.2. The van der Waals surface area contributed by atoms with E-state index in [2.05, 4.69) is 49.3 Å². The summed E-state index contributed by atoms with van der Waals surface area (Å²) in [4.78, 5) is 0. The van der Waals surface area contributed by atoms with E-state index in [9.17, 15) is 0 Å². The van der Waals surface area contributed by atoms with Crippen molar-refractivity contribution >= 4 is 31.9 Å². The molecule has 0 radical (unpaired) electrons. The molecule has 0 fully saturated rings. The molecule has 0 aliphatic heterocycles. The van der Waals surface area contributed by atoms with Crippen molar-refractivity contribution in [2.75, 3.05) is 26.9 Å². The topological polar surface area (TPSA) is 30.5 Å². The molecule has 0 amide bonds. The molecule has 0 heterocycles. The fourth-order valence-corrected chi connectivity index (χ4v) is 3.04. The Bertz CT molecular complexity index is 335. The van der Waals surface area contributed by atoms with Crippen LogP contribution in [0.5, 0.6) is 5.75 Å². The number of benzene rings is 1. The van der Waals surface area contributed by atoms with Crippen molar-refractivity contribution in [2.45, 2.75) is 13.5 Å². The second-order valence-corrected chi connectivity index (χ2v) is 5.18. The fourth-order valence-electron chi connectivity index (χ4n) is 1.43. The average molecular weight is 367 g/mol. The smallest absolute Gasteiger partial charge is 0.147 e. The van der Waals surface area contributed by atoms with Crippen LogP contribution in [-0.4, -0.2) is 26.9 Å². The van der Waals surface area contributed by atoms with Gasteiger partial charge in [-0.1, -0.05) is 0 Å². The highest BCUT2D eigenvalue weighted by molar-refractivity contribution is 9.11. The molecule has 0 aliphatic carbocycles. The Morgan fingerprint density at radius 1 is 1.24 bits per heavy atom. The van der Waals surface area contributed by atoms with Crippen LogP contribution in [-0.2, 0) is 11.3 Å². The first-order valence-corrected chi connectivity index (χ1v) is 7.08. The quantitative estimate of drug-likeness (QED) is 0.750. The van der Waals surface area contributed by atoms with E-state index in [1.54, 1.807) is 7.11 Å². The van der Waals surface area contributed by atoms with Gasteiger partial charge in [-0.3, -0.25) is 0 Å². The standard InChI is InChI=1S/C12H17Br2NO2/c1-3-17-5-4-15-8-9-6-10(13)12(16-2)11(14)7-9/h6-7,15H,3-5,8H2,1-2H3. The molecule has 0 saturated carbocycles. The molecule has 0 atom stereocenters. The molecule has 1 rings (SSSR count). The normalized spacial score (nSPS) is 10.6. The van der Waals surface area contributed by atoms with Crippen LogP contribution in [0.25, 0.3) is 0 Å². The molecule has 3 nitrogen and oxygen atoms in total. The van der Waals surface area contributed by atoms with Crippen molar-refractivity contribution in [3.05, 3.63) is 26.6 Å². The number of halogens is 2. The van der Waals surface area contributed by atoms with Crippen molar-refractivity contribution in [3.63, 3.8) is 0 Å². The van der Waals surface area contributed by atoms with Gasteiger partial charge in [0.25, 0.3) is 0 Å². The van der Waals surface area contributed by atoms with Crippen LogP contribution in [0.4, 0.5) is 0 Å². The zero-order valence-electron chi connectivity index (χ0n) is 10.1. The lowest BCUT2D eigenvalue weighted by Crippen LogP contribution is -2.19. The van der Waals surface area contributed by atoms with Gasteiger partial charge in [-0.2, -0.15) is 0 Å². The van der Waals surface area contributed by atoms with Crippen molar-refractivity contribution in [1.29, 1.82) is 0 Å². The van der Waals surface area contributed by atoms with Gasteiger partial charge in [0, 0.05) is 19.7 Å². The summed E-state index contributed by atoms with van der Waals surface area (Å²) in [6.07, 6.45) is 0. The lowest BCUT2D eigenvalue weighted by molar-refractivity contribution is 0.149. The van der Waals surface area contributed by atoms with Gasteiger partial charge in [0.05, 0.1) is 22.7 Å². The molecule has 0 spiro atoms. The average Bonchev–Trinajstić information content (AvgIpc) is 2.28. The Labute approximate surface area is 119 Å². The van der Waals surface area contributed by atoms with Gasteiger partial charge in [-0.25, -0.2) is 0 Å². The van der Waals surface area contributed by atoms with E-state index < -0.39 is 0 Å². The summed E-state index contributed by atoms with van der Waals surface area (Å²) in [5.41, 5.74) is 1.20. The largest absolute Gasteiger partial charge is 0.494 e. The van der Waals surface area contributed by atoms with Crippen LogP contribution in [0.1, 0.15) is 12.5 Å². The summed E-state index contributed by atoms with van der Waals surface area (Å²) in [7, 11) is 1.66. The second kappa shape index (κ2) is 8.08. The first-order valence-electron chi connectivity index (χ1n) is 5.49. The van der Waals surface area contributed by atoms with Crippen molar-refractivity contribution < 1.29 is 9.47 Å². The molecule has 0 bridgehead atoms. The van der Waals surface area contributed by atoms with Crippen molar-refractivity contribution in [2.24, 2.45) is 0 Å². The Balaban J connectivity index is 2.49. The summed E-state index contributed by atoms with van der Waals surface area (Å²) >= 11 is 6.97. The monoisotopic (exact) mass is 365 g/mol. The zero-order valence-corrected chi connectivity index (χ0v) is 13.2. The summed E-state index contributed by atoms with van der Waals surface area (Å²) in [6, 6.07) is 4.11. The summed E-state index contributed by atoms with van der Waals surface area (Å²) in [6.45, 7) is 5.18. The Morgan fingerprint density at radius 3 is 2.41 bits per heavy atom. The first-order chi connectivity index (χ1) is 8.19. The van der Waals surface area contributed by atoms with E-state index in [4.69, 9.17) is 9.47 Å². The van der Waals surface area contributed by atoms with E-state index in [0.29, 0.717) is 0 Å². The molecule has 1 aromatic rings. The molecule has 0 aliphatic rings. The molecular formula is C12H17Br2NO2. The van der Waals surface area contributed by atoms with Crippen molar-refractivity contribution in [3.8, 4) is 5.75 Å². The molecule has 96 valence electrons. The number of hydrogen-bond donors (Lipinski definition) is 1. The molecule has 1 aromatic carbocycles. The van der Waals surface area contributed by atoms with Crippen molar-refractivity contribution in [1.82, 2.24) is 5.32 Å². The molecule has 1 N–H and O–H groups in total. The van der Waals surface area contributed by atoms with Gasteiger partial charge in [-0.05, 0) is 56.5 Å². The van der Waals surface area contributed by atoms with E-state index >= 15 is 0 Å². The summed E-state index contributed by atoms with van der Waals surface area (Å²) in [5, 5.41) is 3.32. The Hall–Kier alpha value is -0.100. The van der Waals surface area contributed by atoms with Crippen LogP contribution in [0.2, 0.25) is 0 Å². The summed E-state index contributed by atoms with van der Waals surface area (Å²) < 4.78 is 12.4. The van der Waals surface area contributed by atoms with Gasteiger partial charge in [0.1, 0.15) is 5.75 Å². The number of hydrogen-bond acceptors (Lipinski definition) is 3. The highest BCUT2D eigenvalue weighted by atomic mass is 79.9. The van der Waals surface area contributed by atoms with E-state index in [1.165, 1.54) is 5.56 Å².